The molecule has 2 atom stereocenters. The number of rotatable bonds is 6. The summed E-state index contributed by atoms with van der Waals surface area (Å²) in [6.07, 6.45) is 0.760. The Bertz CT molecular complexity index is 943. The zero-order valence-corrected chi connectivity index (χ0v) is 17.9. The molecule has 0 radical (unpaired) electrons. The van der Waals surface area contributed by atoms with Gasteiger partial charge >= 0.3 is 0 Å². The third-order valence-electron chi connectivity index (χ3n) is 5.57. The van der Waals surface area contributed by atoms with Gasteiger partial charge in [0, 0.05) is 32.2 Å². The van der Waals surface area contributed by atoms with Gasteiger partial charge in [0.2, 0.25) is 5.91 Å². The Hall–Kier alpha value is -2.29. The molecule has 0 aliphatic carbocycles. The predicted molar refractivity (Wildman–Crippen MR) is 115 cm³/mol. The van der Waals surface area contributed by atoms with Crippen LogP contribution in [0.15, 0.2) is 34.9 Å². The molecule has 1 aliphatic heterocycles. The lowest BCUT2D eigenvalue weighted by Crippen LogP contribution is -2.53. The van der Waals surface area contributed by atoms with Crippen LogP contribution in [0.1, 0.15) is 37.1 Å². The molecule has 29 heavy (non-hydrogen) atoms. The van der Waals surface area contributed by atoms with Crippen LogP contribution < -0.4 is 5.32 Å². The maximum atomic E-state index is 12.7. The Kier molecular flexibility index (Phi) is 5.94. The first kappa shape index (κ1) is 20.0. The van der Waals surface area contributed by atoms with E-state index in [1.54, 1.807) is 17.4 Å². The standard InChI is InChI=1S/C21H27N5O2S/c1-4-17(20(27)23-19-13-14(2)28-24-19)26-11-9-25(10-12-26)15(3)21-22-16-7-5-6-8-18(16)29-21/h5-8,13,15,17H,4,9-12H2,1-3H3,(H,23,24,27)/t15-,17+/m0/s1. The smallest absolute Gasteiger partial charge is 0.242 e. The monoisotopic (exact) mass is 413 g/mol. The second-order valence-corrected chi connectivity index (χ2v) is 8.57. The molecule has 154 valence electrons. The fourth-order valence-electron chi connectivity index (χ4n) is 3.91. The van der Waals surface area contributed by atoms with E-state index in [-0.39, 0.29) is 18.0 Å². The fraction of sp³-hybridized carbons (Fsp3) is 0.476. The van der Waals surface area contributed by atoms with Crippen molar-refractivity contribution >= 4 is 33.3 Å². The van der Waals surface area contributed by atoms with Crippen LogP contribution in [-0.2, 0) is 4.79 Å². The van der Waals surface area contributed by atoms with Crippen LogP contribution in [0.25, 0.3) is 10.2 Å². The summed E-state index contributed by atoms with van der Waals surface area (Å²) in [5.41, 5.74) is 1.07. The average Bonchev–Trinajstić information content (AvgIpc) is 3.34. The number of amides is 1. The minimum Gasteiger partial charge on any atom is -0.360 e. The third kappa shape index (κ3) is 4.34. The number of anilines is 1. The molecule has 1 N–H and O–H groups in total. The number of hydrogen-bond donors (Lipinski definition) is 1. The Labute approximate surface area is 174 Å². The number of carbonyl (C=O) groups excluding carboxylic acids is 1. The summed E-state index contributed by atoms with van der Waals surface area (Å²) in [5.74, 6) is 1.15. The predicted octanol–water partition coefficient (Wildman–Crippen LogP) is 3.69. The van der Waals surface area contributed by atoms with Gasteiger partial charge in [0.05, 0.1) is 22.3 Å². The van der Waals surface area contributed by atoms with Crippen molar-refractivity contribution in [1.29, 1.82) is 0 Å². The minimum atomic E-state index is -0.160. The lowest BCUT2D eigenvalue weighted by atomic mass is 10.1. The quantitative estimate of drug-likeness (QED) is 0.664. The number of hydrogen-bond acceptors (Lipinski definition) is 7. The number of nitrogens with one attached hydrogen (secondary N) is 1. The largest absolute Gasteiger partial charge is 0.360 e. The molecular weight excluding hydrogens is 386 g/mol. The van der Waals surface area contributed by atoms with E-state index in [4.69, 9.17) is 9.51 Å². The van der Waals surface area contributed by atoms with Crippen molar-refractivity contribution in [2.24, 2.45) is 0 Å². The Morgan fingerprint density at radius 2 is 1.97 bits per heavy atom. The molecule has 0 bridgehead atoms. The highest BCUT2D eigenvalue weighted by Gasteiger charge is 2.30. The van der Waals surface area contributed by atoms with Crippen molar-refractivity contribution in [1.82, 2.24) is 19.9 Å². The Morgan fingerprint density at radius 3 is 2.62 bits per heavy atom. The van der Waals surface area contributed by atoms with Gasteiger partial charge < -0.3 is 9.84 Å². The highest BCUT2D eigenvalue weighted by atomic mass is 32.1. The molecule has 3 heterocycles. The van der Waals surface area contributed by atoms with E-state index in [1.807, 2.05) is 13.0 Å². The summed E-state index contributed by atoms with van der Waals surface area (Å²) in [6, 6.07) is 10.1. The Balaban J connectivity index is 1.36. The maximum absolute atomic E-state index is 12.7. The van der Waals surface area contributed by atoms with Gasteiger partial charge in [-0.2, -0.15) is 0 Å². The zero-order chi connectivity index (χ0) is 20.4. The van der Waals surface area contributed by atoms with Gasteiger partial charge in [0.15, 0.2) is 5.82 Å². The molecule has 8 heteroatoms. The van der Waals surface area contributed by atoms with E-state index in [0.717, 1.165) is 43.1 Å². The van der Waals surface area contributed by atoms with Gasteiger partial charge in [-0.1, -0.05) is 24.2 Å². The molecule has 3 aromatic rings. The van der Waals surface area contributed by atoms with Crippen LogP contribution in [0, 0.1) is 6.92 Å². The van der Waals surface area contributed by atoms with Crippen molar-refractivity contribution in [3.05, 3.63) is 41.1 Å². The summed E-state index contributed by atoms with van der Waals surface area (Å²) >= 11 is 1.77. The second-order valence-electron chi connectivity index (χ2n) is 7.50. The third-order valence-corrected chi connectivity index (χ3v) is 6.78. The van der Waals surface area contributed by atoms with Crippen LogP contribution in [-0.4, -0.2) is 58.1 Å². The van der Waals surface area contributed by atoms with Crippen LogP contribution in [0.3, 0.4) is 0 Å². The molecule has 0 spiro atoms. The minimum absolute atomic E-state index is 0.0199. The maximum Gasteiger partial charge on any atom is 0.242 e. The second kappa shape index (κ2) is 8.61. The van der Waals surface area contributed by atoms with Gasteiger partial charge in [0.1, 0.15) is 10.8 Å². The number of aryl methyl sites for hydroxylation is 1. The van der Waals surface area contributed by atoms with E-state index >= 15 is 0 Å². The molecule has 1 aliphatic rings. The highest BCUT2D eigenvalue weighted by molar-refractivity contribution is 7.18. The molecule has 4 rings (SSSR count). The number of benzene rings is 1. The van der Waals surface area contributed by atoms with E-state index in [2.05, 4.69) is 52.3 Å². The topological polar surface area (TPSA) is 74.5 Å². The van der Waals surface area contributed by atoms with Crippen molar-refractivity contribution < 1.29 is 9.32 Å². The van der Waals surface area contributed by atoms with Crippen LogP contribution >= 0.6 is 11.3 Å². The number of nitrogens with zero attached hydrogens (tertiary/aromatic N) is 4. The molecule has 1 saturated heterocycles. The molecular formula is C21H27N5O2S. The number of para-hydroxylation sites is 1. The first-order valence-electron chi connectivity index (χ1n) is 10.1. The van der Waals surface area contributed by atoms with Crippen LogP contribution in [0.5, 0.6) is 0 Å². The first-order chi connectivity index (χ1) is 14.0. The van der Waals surface area contributed by atoms with E-state index in [0.29, 0.717) is 11.6 Å². The number of piperazine rings is 1. The summed E-state index contributed by atoms with van der Waals surface area (Å²) in [5, 5.41) is 7.90. The SMILES string of the molecule is CC[C@H](C(=O)Nc1cc(C)on1)N1CCN([C@@H](C)c2nc3ccccc3s2)CC1. The highest BCUT2D eigenvalue weighted by Crippen LogP contribution is 2.30. The van der Waals surface area contributed by atoms with Crippen LogP contribution in [0.4, 0.5) is 5.82 Å². The van der Waals surface area contributed by atoms with Crippen molar-refractivity contribution in [3.63, 3.8) is 0 Å². The summed E-state index contributed by atoms with van der Waals surface area (Å²) in [4.78, 5) is 22.3. The molecule has 1 amide bonds. The van der Waals surface area contributed by atoms with E-state index < -0.39 is 0 Å². The number of aromatic nitrogens is 2. The summed E-state index contributed by atoms with van der Waals surface area (Å²) < 4.78 is 6.27. The number of carbonyl (C=O) groups is 1. The number of fused-ring (bicyclic) bond motifs is 1. The number of thiazole rings is 1. The lowest BCUT2D eigenvalue weighted by molar-refractivity contribution is -0.122. The van der Waals surface area contributed by atoms with Crippen molar-refractivity contribution in [3.8, 4) is 0 Å². The normalized spacial score (nSPS) is 18.0. The van der Waals surface area contributed by atoms with Crippen molar-refractivity contribution in [2.45, 2.75) is 39.3 Å². The molecule has 2 aromatic heterocycles. The molecule has 1 aromatic carbocycles. The van der Waals surface area contributed by atoms with Crippen LogP contribution in [0.2, 0.25) is 0 Å². The fourth-order valence-corrected chi connectivity index (χ4v) is 4.96. The van der Waals surface area contributed by atoms with E-state index in [9.17, 15) is 4.79 Å². The molecule has 1 fully saturated rings. The van der Waals surface area contributed by atoms with Gasteiger partial charge in [-0.25, -0.2) is 4.98 Å². The Morgan fingerprint density at radius 1 is 1.24 bits per heavy atom. The van der Waals surface area contributed by atoms with Crippen molar-refractivity contribution in [2.75, 3.05) is 31.5 Å². The summed E-state index contributed by atoms with van der Waals surface area (Å²) in [7, 11) is 0. The zero-order valence-electron chi connectivity index (χ0n) is 17.1. The molecule has 0 saturated carbocycles. The summed E-state index contributed by atoms with van der Waals surface area (Å²) in [6.45, 7) is 9.65. The van der Waals surface area contributed by atoms with Gasteiger partial charge in [0.25, 0.3) is 0 Å². The average molecular weight is 414 g/mol. The first-order valence-corrected chi connectivity index (χ1v) is 10.9. The van der Waals surface area contributed by atoms with E-state index in [1.165, 1.54) is 4.70 Å². The van der Waals surface area contributed by atoms with Gasteiger partial charge in [-0.3, -0.25) is 14.6 Å². The van der Waals surface area contributed by atoms with Gasteiger partial charge in [-0.05, 0) is 32.4 Å². The van der Waals surface area contributed by atoms with Gasteiger partial charge in [-0.15, -0.1) is 11.3 Å². The lowest BCUT2D eigenvalue weighted by Gasteiger charge is -2.40. The molecule has 0 unspecified atom stereocenters. The molecule has 7 nitrogen and oxygen atoms in total.